The van der Waals surface area contributed by atoms with Crippen LogP contribution >= 0.6 is 23.2 Å². The van der Waals surface area contributed by atoms with Crippen LogP contribution in [0.3, 0.4) is 0 Å². The highest BCUT2D eigenvalue weighted by Crippen LogP contribution is 2.36. The minimum Gasteiger partial charge on any atom is -0.445 e. The number of carbonyl (C=O) groups excluding carboxylic acids is 2. The number of halogens is 2. The molecule has 0 atom stereocenters. The van der Waals surface area contributed by atoms with Gasteiger partial charge >= 0.3 is 6.09 Å². The lowest BCUT2D eigenvalue weighted by Crippen LogP contribution is -2.51. The first-order chi connectivity index (χ1) is 16.9. The Morgan fingerprint density at radius 2 is 1.69 bits per heavy atom. The summed E-state index contributed by atoms with van der Waals surface area (Å²) in [7, 11) is 0. The number of carbonyl (C=O) groups is 2. The highest BCUT2D eigenvalue weighted by atomic mass is 35.5. The molecular weight excluding hydrogens is 485 g/mol. The van der Waals surface area contributed by atoms with Gasteiger partial charge in [0.05, 0.1) is 11.4 Å². The van der Waals surface area contributed by atoms with Gasteiger partial charge in [0, 0.05) is 34.3 Å². The molecule has 178 valence electrons. The monoisotopic (exact) mass is 507 g/mol. The number of ether oxygens (including phenoxy) is 1. The Labute approximate surface area is 213 Å². The van der Waals surface area contributed by atoms with E-state index in [2.05, 4.69) is 5.32 Å². The fourth-order valence-electron chi connectivity index (χ4n) is 4.45. The Morgan fingerprint density at radius 1 is 0.971 bits per heavy atom. The number of nitrogens with one attached hydrogen (secondary N) is 1. The van der Waals surface area contributed by atoms with Crippen LogP contribution in [0, 0.1) is 0 Å². The summed E-state index contributed by atoms with van der Waals surface area (Å²) in [6.45, 7) is 0.890. The van der Waals surface area contributed by atoms with Gasteiger partial charge in [-0.3, -0.25) is 9.79 Å². The van der Waals surface area contributed by atoms with Crippen molar-refractivity contribution in [3.63, 3.8) is 0 Å². The zero-order chi connectivity index (χ0) is 24.4. The molecule has 2 aliphatic heterocycles. The van der Waals surface area contributed by atoms with Gasteiger partial charge in [0.25, 0.3) is 5.91 Å². The highest BCUT2D eigenvalue weighted by molar-refractivity contribution is 6.37. The number of rotatable bonds is 3. The Kier molecular flexibility index (Phi) is 6.50. The van der Waals surface area contributed by atoms with Gasteiger partial charge in [0.1, 0.15) is 12.1 Å². The number of fused-ring (bicyclic) bond motifs is 1. The molecule has 1 spiro atoms. The van der Waals surface area contributed by atoms with Crippen molar-refractivity contribution in [3.8, 4) is 0 Å². The van der Waals surface area contributed by atoms with Gasteiger partial charge in [-0.15, -0.1) is 0 Å². The van der Waals surface area contributed by atoms with Gasteiger partial charge in [0.2, 0.25) is 0 Å². The third-order valence-corrected chi connectivity index (χ3v) is 6.98. The van der Waals surface area contributed by atoms with Crippen molar-refractivity contribution in [2.45, 2.75) is 25.0 Å². The standard InChI is InChI=1S/C27H23Cl2N3O3/c28-19-10-11-23-21(16-19)24(20-8-4-5-9-22(20)29)31-27(25(33)30-23)12-14-32(15-13-27)26(34)35-17-18-6-2-1-3-7-18/h1-11,16H,12-15,17H2,(H,30,33). The number of aliphatic imine (C=N–C) groups is 1. The fourth-order valence-corrected chi connectivity index (χ4v) is 4.85. The summed E-state index contributed by atoms with van der Waals surface area (Å²) in [6, 6.07) is 22.2. The van der Waals surface area contributed by atoms with Crippen LogP contribution in [0.5, 0.6) is 0 Å². The molecular formula is C27H23Cl2N3O3. The predicted octanol–water partition coefficient (Wildman–Crippen LogP) is 5.95. The quantitative estimate of drug-likeness (QED) is 0.475. The van der Waals surface area contributed by atoms with Crippen molar-refractivity contribution in [1.82, 2.24) is 4.90 Å². The van der Waals surface area contributed by atoms with E-state index in [0.717, 1.165) is 11.1 Å². The number of benzene rings is 3. The van der Waals surface area contributed by atoms with Crippen LogP contribution in [0.2, 0.25) is 10.0 Å². The SMILES string of the molecule is O=C(OCc1ccccc1)N1CCC2(CC1)N=C(c1ccccc1Cl)c1cc(Cl)ccc1NC2=O. The summed E-state index contributed by atoms with van der Waals surface area (Å²) in [6.07, 6.45) is 0.312. The molecule has 2 amide bonds. The molecule has 1 saturated heterocycles. The van der Waals surface area contributed by atoms with Gasteiger partial charge < -0.3 is 15.0 Å². The molecule has 0 saturated carbocycles. The van der Waals surface area contributed by atoms with Gasteiger partial charge in [-0.05, 0) is 42.7 Å². The Balaban J connectivity index is 1.42. The van der Waals surface area contributed by atoms with Crippen LogP contribution in [0.4, 0.5) is 10.5 Å². The van der Waals surface area contributed by atoms with E-state index in [0.29, 0.717) is 52.9 Å². The summed E-state index contributed by atoms with van der Waals surface area (Å²) in [5.41, 5.74) is 2.53. The third kappa shape index (κ3) is 4.77. The van der Waals surface area contributed by atoms with Crippen molar-refractivity contribution < 1.29 is 14.3 Å². The lowest BCUT2D eigenvalue weighted by Gasteiger charge is -2.37. The Hall–Kier alpha value is -3.35. The maximum absolute atomic E-state index is 13.5. The maximum atomic E-state index is 13.5. The van der Waals surface area contributed by atoms with E-state index < -0.39 is 11.6 Å². The van der Waals surface area contributed by atoms with E-state index in [4.69, 9.17) is 32.9 Å². The average Bonchev–Trinajstić information content (AvgIpc) is 2.98. The lowest BCUT2D eigenvalue weighted by molar-refractivity contribution is -0.122. The predicted molar refractivity (Wildman–Crippen MR) is 137 cm³/mol. The first-order valence-electron chi connectivity index (χ1n) is 11.4. The smallest absolute Gasteiger partial charge is 0.410 e. The molecule has 0 aromatic heterocycles. The molecule has 2 aliphatic rings. The van der Waals surface area contributed by atoms with Gasteiger partial charge in [-0.25, -0.2) is 4.79 Å². The molecule has 2 heterocycles. The second kappa shape index (κ2) is 9.72. The topological polar surface area (TPSA) is 71.0 Å². The molecule has 0 aliphatic carbocycles. The molecule has 35 heavy (non-hydrogen) atoms. The maximum Gasteiger partial charge on any atom is 0.410 e. The largest absolute Gasteiger partial charge is 0.445 e. The molecule has 0 radical (unpaired) electrons. The first-order valence-corrected chi connectivity index (χ1v) is 12.1. The zero-order valence-corrected chi connectivity index (χ0v) is 20.4. The van der Waals surface area contributed by atoms with Crippen molar-refractivity contribution in [1.29, 1.82) is 0 Å². The zero-order valence-electron chi connectivity index (χ0n) is 18.8. The lowest BCUT2D eigenvalue weighted by atomic mass is 9.87. The molecule has 1 fully saturated rings. The van der Waals surface area contributed by atoms with Crippen LogP contribution in [0.25, 0.3) is 0 Å². The van der Waals surface area contributed by atoms with E-state index in [1.165, 1.54) is 0 Å². The van der Waals surface area contributed by atoms with Crippen molar-refractivity contribution >= 4 is 46.6 Å². The van der Waals surface area contributed by atoms with Gasteiger partial charge in [-0.2, -0.15) is 0 Å². The van der Waals surface area contributed by atoms with E-state index in [9.17, 15) is 9.59 Å². The van der Waals surface area contributed by atoms with Gasteiger partial charge in [0.15, 0.2) is 0 Å². The van der Waals surface area contributed by atoms with Crippen molar-refractivity contribution in [2.24, 2.45) is 4.99 Å². The molecule has 3 aromatic rings. The Morgan fingerprint density at radius 3 is 2.43 bits per heavy atom. The second-order valence-corrected chi connectivity index (χ2v) is 9.49. The van der Waals surface area contributed by atoms with Crippen LogP contribution in [0.15, 0.2) is 77.8 Å². The summed E-state index contributed by atoms with van der Waals surface area (Å²) in [4.78, 5) is 32.8. The van der Waals surface area contributed by atoms with E-state index in [1.54, 1.807) is 29.2 Å². The molecule has 6 nitrogen and oxygen atoms in total. The number of hydrogen-bond acceptors (Lipinski definition) is 4. The molecule has 0 bridgehead atoms. The molecule has 5 rings (SSSR count). The molecule has 3 aromatic carbocycles. The summed E-state index contributed by atoms with van der Waals surface area (Å²) >= 11 is 12.8. The number of likely N-dealkylation sites (tertiary alicyclic amines) is 1. The van der Waals surface area contributed by atoms with Crippen LogP contribution in [-0.4, -0.2) is 41.2 Å². The Bertz CT molecular complexity index is 1300. The summed E-state index contributed by atoms with van der Waals surface area (Å²) < 4.78 is 5.48. The van der Waals surface area contributed by atoms with Crippen molar-refractivity contribution in [2.75, 3.05) is 18.4 Å². The van der Waals surface area contributed by atoms with E-state index in [-0.39, 0.29) is 12.5 Å². The van der Waals surface area contributed by atoms with Crippen molar-refractivity contribution in [3.05, 3.63) is 99.5 Å². The van der Waals surface area contributed by atoms with Crippen LogP contribution in [0.1, 0.15) is 29.5 Å². The number of anilines is 1. The molecule has 0 unspecified atom stereocenters. The normalized spacial score (nSPS) is 16.7. The number of piperidine rings is 1. The van der Waals surface area contributed by atoms with Crippen LogP contribution in [-0.2, 0) is 16.1 Å². The van der Waals surface area contributed by atoms with Gasteiger partial charge in [-0.1, -0.05) is 71.7 Å². The first kappa shape index (κ1) is 23.4. The van der Waals surface area contributed by atoms with E-state index >= 15 is 0 Å². The second-order valence-electron chi connectivity index (χ2n) is 8.64. The molecule has 1 N–H and O–H groups in total. The summed E-state index contributed by atoms with van der Waals surface area (Å²) in [5.74, 6) is -0.208. The minimum atomic E-state index is -1.05. The minimum absolute atomic E-state index is 0.201. The highest BCUT2D eigenvalue weighted by Gasteiger charge is 2.45. The fraction of sp³-hybridized carbons (Fsp3) is 0.222. The van der Waals surface area contributed by atoms with E-state index in [1.807, 2.05) is 48.5 Å². The third-order valence-electron chi connectivity index (χ3n) is 6.42. The van der Waals surface area contributed by atoms with Crippen LogP contribution < -0.4 is 5.32 Å². The number of nitrogens with zero attached hydrogens (tertiary/aromatic N) is 2. The number of hydrogen-bond donors (Lipinski definition) is 1. The molecule has 8 heteroatoms. The summed E-state index contributed by atoms with van der Waals surface area (Å²) in [5, 5.41) is 4.09. The average molecular weight is 508 g/mol. The number of amides is 2.